The number of anilines is 1. The predicted molar refractivity (Wildman–Crippen MR) is 151 cm³/mol. The fraction of sp³-hybridized carbons (Fsp3) is 0.433. The van der Waals surface area contributed by atoms with Crippen molar-refractivity contribution in [1.29, 1.82) is 0 Å². The molecule has 41 heavy (non-hydrogen) atoms. The van der Waals surface area contributed by atoms with Crippen LogP contribution in [0.3, 0.4) is 0 Å². The van der Waals surface area contributed by atoms with Crippen LogP contribution in [0.2, 0.25) is 0 Å². The third-order valence-corrected chi connectivity index (χ3v) is 8.11. The second kappa shape index (κ2) is 11.1. The van der Waals surface area contributed by atoms with Gasteiger partial charge in [-0.1, -0.05) is 5.16 Å². The highest BCUT2D eigenvalue weighted by molar-refractivity contribution is 5.96. The summed E-state index contributed by atoms with van der Waals surface area (Å²) in [5.41, 5.74) is 3.41. The number of nitrogens with zero attached hydrogens (tertiary/aromatic N) is 5. The number of aromatic nitrogens is 3. The van der Waals surface area contributed by atoms with Crippen LogP contribution in [-0.4, -0.2) is 72.1 Å². The minimum atomic E-state index is -0.518. The summed E-state index contributed by atoms with van der Waals surface area (Å²) in [7, 11) is 3.03. The van der Waals surface area contributed by atoms with E-state index in [0.29, 0.717) is 55.3 Å². The van der Waals surface area contributed by atoms with E-state index in [9.17, 15) is 9.18 Å². The van der Waals surface area contributed by atoms with Crippen molar-refractivity contribution in [3.8, 4) is 22.8 Å². The van der Waals surface area contributed by atoms with Gasteiger partial charge in [-0.15, -0.1) is 0 Å². The molecule has 4 aromatic rings. The van der Waals surface area contributed by atoms with Gasteiger partial charge in [0, 0.05) is 67.1 Å². The Bertz CT molecular complexity index is 1580. The largest absolute Gasteiger partial charge is 0.496 e. The minimum absolute atomic E-state index is 0.0732. The maximum Gasteiger partial charge on any atom is 0.227 e. The van der Waals surface area contributed by atoms with E-state index in [2.05, 4.69) is 21.5 Å². The average Bonchev–Trinajstić information content (AvgIpc) is 3.69. The number of carbonyl (C=O) groups is 1. The molecule has 0 N–H and O–H groups in total. The summed E-state index contributed by atoms with van der Waals surface area (Å²) in [6.07, 6.45) is 2.93. The molecule has 11 heteroatoms. The van der Waals surface area contributed by atoms with Gasteiger partial charge in [-0.25, -0.2) is 9.37 Å². The molecule has 0 bridgehead atoms. The van der Waals surface area contributed by atoms with E-state index in [0.717, 1.165) is 35.6 Å². The molecule has 2 fully saturated rings. The summed E-state index contributed by atoms with van der Waals surface area (Å²) < 4.78 is 38.7. The van der Waals surface area contributed by atoms with Gasteiger partial charge in [-0.3, -0.25) is 9.69 Å². The summed E-state index contributed by atoms with van der Waals surface area (Å²) in [5, 5.41) is 4.98. The number of halogens is 1. The van der Waals surface area contributed by atoms with E-state index < -0.39 is 5.82 Å². The standard InChI is InChI=1S/C30H34FN5O5/c1-18(34-9-11-40-12-10-34)16-35-17-24(22-14-21-19(2)33-41-28(21)15-27(22)39-4)32-30(35)25-6-8-29(37)36(25)20-5-7-26(38-3)23(31)13-20/h5,7,13-15,17-18,25H,6,8-12,16H2,1-4H3/t18-,25-/m0/s1. The average molecular weight is 564 g/mol. The van der Waals surface area contributed by atoms with Crippen LogP contribution < -0.4 is 14.4 Å². The second-order valence-electron chi connectivity index (χ2n) is 10.6. The molecule has 10 nitrogen and oxygen atoms in total. The van der Waals surface area contributed by atoms with Crippen LogP contribution in [0.15, 0.2) is 41.1 Å². The Kier molecular flexibility index (Phi) is 7.39. The van der Waals surface area contributed by atoms with Crippen LogP contribution in [0.1, 0.15) is 37.3 Å². The predicted octanol–water partition coefficient (Wildman–Crippen LogP) is 4.74. The first-order chi connectivity index (χ1) is 19.9. The molecule has 2 aromatic heterocycles. The molecule has 2 aromatic carbocycles. The molecule has 2 saturated heterocycles. The number of carbonyl (C=O) groups excluding carboxylic acids is 1. The third kappa shape index (κ3) is 5.04. The molecule has 0 spiro atoms. The van der Waals surface area contributed by atoms with Gasteiger partial charge < -0.3 is 28.2 Å². The number of aryl methyl sites for hydroxylation is 1. The molecule has 216 valence electrons. The molecule has 2 aliphatic rings. The third-order valence-electron chi connectivity index (χ3n) is 8.11. The molecule has 2 atom stereocenters. The maximum atomic E-state index is 14.7. The topological polar surface area (TPSA) is 95.1 Å². The smallest absolute Gasteiger partial charge is 0.227 e. The van der Waals surface area contributed by atoms with Crippen molar-refractivity contribution >= 4 is 22.6 Å². The summed E-state index contributed by atoms with van der Waals surface area (Å²) in [6, 6.07) is 8.26. The number of morpholine rings is 1. The van der Waals surface area contributed by atoms with Gasteiger partial charge in [-0.2, -0.15) is 0 Å². The quantitative estimate of drug-likeness (QED) is 0.303. The first-order valence-electron chi connectivity index (χ1n) is 13.9. The van der Waals surface area contributed by atoms with E-state index in [4.69, 9.17) is 23.7 Å². The first-order valence-corrected chi connectivity index (χ1v) is 13.9. The number of hydrogen-bond donors (Lipinski definition) is 0. The number of rotatable bonds is 8. The molecular formula is C30H34FN5O5. The molecule has 6 rings (SSSR count). The van der Waals surface area contributed by atoms with Gasteiger partial charge in [0.15, 0.2) is 17.1 Å². The molecule has 1 amide bonds. The van der Waals surface area contributed by atoms with Gasteiger partial charge in [0.2, 0.25) is 5.91 Å². The van der Waals surface area contributed by atoms with E-state index in [1.807, 2.05) is 25.3 Å². The van der Waals surface area contributed by atoms with Crippen LogP contribution in [-0.2, 0) is 16.1 Å². The number of ether oxygens (including phenoxy) is 3. The van der Waals surface area contributed by atoms with E-state index in [1.54, 1.807) is 24.1 Å². The minimum Gasteiger partial charge on any atom is -0.496 e. The Morgan fingerprint density at radius 1 is 1.12 bits per heavy atom. The Balaban J connectivity index is 1.44. The first kappa shape index (κ1) is 27.2. The fourth-order valence-electron chi connectivity index (χ4n) is 5.90. The van der Waals surface area contributed by atoms with Crippen molar-refractivity contribution in [2.45, 2.75) is 45.3 Å². The molecule has 0 aliphatic carbocycles. The zero-order chi connectivity index (χ0) is 28.7. The number of benzene rings is 2. The van der Waals surface area contributed by atoms with Crippen LogP contribution in [0, 0.1) is 12.7 Å². The monoisotopic (exact) mass is 563 g/mol. The molecule has 0 saturated carbocycles. The Morgan fingerprint density at radius 3 is 2.63 bits per heavy atom. The second-order valence-corrected chi connectivity index (χ2v) is 10.6. The van der Waals surface area contributed by atoms with Crippen LogP contribution >= 0.6 is 0 Å². The Hall–Kier alpha value is -3.96. The van der Waals surface area contributed by atoms with Gasteiger partial charge in [0.1, 0.15) is 11.6 Å². The molecular weight excluding hydrogens is 529 g/mol. The SMILES string of the molecule is COc1ccc(N2C(=O)CC[C@H]2c2nc(-c3cc4c(C)noc4cc3OC)cn2C[C@H](C)N2CCOCC2)cc1F. The lowest BCUT2D eigenvalue weighted by Crippen LogP contribution is -2.44. The lowest BCUT2D eigenvalue weighted by atomic mass is 10.1. The molecule has 0 radical (unpaired) electrons. The zero-order valence-electron chi connectivity index (χ0n) is 23.7. The Labute approximate surface area is 237 Å². The highest BCUT2D eigenvalue weighted by Gasteiger charge is 2.37. The zero-order valence-corrected chi connectivity index (χ0v) is 23.7. The summed E-state index contributed by atoms with van der Waals surface area (Å²) >= 11 is 0. The van der Waals surface area contributed by atoms with E-state index in [-0.39, 0.29) is 23.7 Å². The van der Waals surface area contributed by atoms with Gasteiger partial charge in [-0.05, 0) is 38.5 Å². The van der Waals surface area contributed by atoms with Crippen LogP contribution in [0.4, 0.5) is 10.1 Å². The van der Waals surface area contributed by atoms with E-state index in [1.165, 1.54) is 13.2 Å². The molecule has 2 aliphatic heterocycles. The van der Waals surface area contributed by atoms with Crippen molar-refractivity contribution in [1.82, 2.24) is 19.6 Å². The van der Waals surface area contributed by atoms with E-state index >= 15 is 0 Å². The fourth-order valence-corrected chi connectivity index (χ4v) is 5.90. The van der Waals surface area contributed by atoms with Gasteiger partial charge >= 0.3 is 0 Å². The maximum absolute atomic E-state index is 14.7. The van der Waals surface area contributed by atoms with Crippen molar-refractivity contribution in [3.05, 3.63) is 53.9 Å². The lowest BCUT2D eigenvalue weighted by molar-refractivity contribution is -0.117. The number of hydrogen-bond acceptors (Lipinski definition) is 8. The molecule has 0 unspecified atom stereocenters. The number of methoxy groups -OCH3 is 2. The normalized spacial score (nSPS) is 18.8. The van der Waals surface area contributed by atoms with Crippen LogP contribution in [0.5, 0.6) is 11.5 Å². The van der Waals surface area contributed by atoms with Gasteiger partial charge in [0.05, 0.1) is 44.9 Å². The summed E-state index contributed by atoms with van der Waals surface area (Å²) in [6.45, 7) is 7.87. The number of fused-ring (bicyclic) bond motifs is 1. The summed E-state index contributed by atoms with van der Waals surface area (Å²) in [4.78, 5) is 22.4. The van der Waals surface area contributed by atoms with Crippen molar-refractivity contribution in [2.24, 2.45) is 0 Å². The lowest BCUT2D eigenvalue weighted by Gasteiger charge is -2.33. The highest BCUT2D eigenvalue weighted by atomic mass is 19.1. The Morgan fingerprint density at radius 2 is 1.90 bits per heavy atom. The molecule has 4 heterocycles. The number of amides is 1. The highest BCUT2D eigenvalue weighted by Crippen LogP contribution is 2.41. The number of imidazole rings is 1. The van der Waals surface area contributed by atoms with Crippen molar-refractivity contribution < 1.29 is 27.9 Å². The van der Waals surface area contributed by atoms with Crippen molar-refractivity contribution in [2.75, 3.05) is 45.4 Å². The van der Waals surface area contributed by atoms with Gasteiger partial charge in [0.25, 0.3) is 0 Å². The summed E-state index contributed by atoms with van der Waals surface area (Å²) in [5.74, 6) is 0.896. The van der Waals surface area contributed by atoms with Crippen molar-refractivity contribution in [3.63, 3.8) is 0 Å². The van der Waals surface area contributed by atoms with Crippen LogP contribution in [0.25, 0.3) is 22.2 Å².